The van der Waals surface area contributed by atoms with Crippen molar-refractivity contribution >= 4 is 35.3 Å². The van der Waals surface area contributed by atoms with Crippen LogP contribution in [0.1, 0.15) is 41.8 Å². The van der Waals surface area contributed by atoms with Crippen LogP contribution in [0.15, 0.2) is 82.6 Å². The summed E-state index contributed by atoms with van der Waals surface area (Å²) in [5.41, 5.74) is 2.86. The molecule has 0 atom stereocenters. The number of anilines is 1. The molecule has 3 aromatic rings. The van der Waals surface area contributed by atoms with Gasteiger partial charge in [-0.3, -0.25) is 9.59 Å². The van der Waals surface area contributed by atoms with Crippen LogP contribution in [0, 0.1) is 5.82 Å². The molecule has 1 aliphatic rings. The smallest absolute Gasteiger partial charge is 0.265 e. The molecule has 0 radical (unpaired) electrons. The molecule has 1 N–H and O–H groups in total. The zero-order valence-electron chi connectivity index (χ0n) is 20.4. The fourth-order valence-corrected chi connectivity index (χ4v) is 4.82. The Morgan fingerprint density at radius 2 is 1.83 bits per heavy atom. The number of carbonyl (C=O) groups is 2. The lowest BCUT2D eigenvalue weighted by Gasteiger charge is -2.31. The third-order valence-corrected chi connectivity index (χ3v) is 6.67. The first-order valence-electron chi connectivity index (χ1n) is 12.0. The zero-order chi connectivity index (χ0) is 25.5. The number of nitrogens with one attached hydrogen (secondary N) is 1. The first-order valence-corrected chi connectivity index (χ1v) is 12.8. The maximum Gasteiger partial charge on any atom is 0.265 e. The second-order valence-electron chi connectivity index (χ2n) is 8.75. The molecule has 2 amide bonds. The van der Waals surface area contributed by atoms with Gasteiger partial charge in [-0.1, -0.05) is 54.2 Å². The number of thioether (sulfide) groups is 1. The van der Waals surface area contributed by atoms with Crippen LogP contribution >= 0.6 is 11.8 Å². The molecule has 0 spiro atoms. The molecule has 4 rings (SSSR count). The van der Waals surface area contributed by atoms with Gasteiger partial charge in [0.05, 0.1) is 23.2 Å². The van der Waals surface area contributed by atoms with E-state index in [0.29, 0.717) is 35.7 Å². The number of fused-ring (bicyclic) bond motifs is 1. The van der Waals surface area contributed by atoms with Crippen LogP contribution in [0.2, 0.25) is 0 Å². The third-order valence-electron chi connectivity index (χ3n) is 5.60. The maximum absolute atomic E-state index is 13.6. The van der Waals surface area contributed by atoms with Crippen molar-refractivity contribution in [3.8, 4) is 0 Å². The molecular weight excluding hydrogens is 475 g/mol. The number of halogens is 1. The number of amides is 2. The monoisotopic (exact) mass is 504 g/mol. The average molecular weight is 505 g/mol. The third kappa shape index (κ3) is 6.62. The van der Waals surface area contributed by atoms with Gasteiger partial charge in [-0.05, 0) is 67.8 Å². The number of benzene rings is 3. The molecule has 0 bridgehead atoms. The summed E-state index contributed by atoms with van der Waals surface area (Å²) in [6.07, 6.45) is 2.74. The van der Waals surface area contributed by atoms with Crippen molar-refractivity contribution in [2.24, 2.45) is 0 Å². The predicted octanol–water partition coefficient (Wildman–Crippen LogP) is 6.05. The standard InChI is InChI=1S/C29H29FN2O3S/c1-20(2)35-16-6-15-31-28(33)23-11-14-26-25(18-23)32(19-22-9-12-24(30)13-10-22)29(34)27(36-26)17-21-7-4-3-5-8-21/h3-5,7-14,17-18,20H,6,15-16,19H2,1-2H3,(H,31,33)/b27-17-. The first-order chi connectivity index (χ1) is 17.4. The average Bonchev–Trinajstić information content (AvgIpc) is 2.87. The van der Waals surface area contributed by atoms with E-state index in [9.17, 15) is 14.0 Å². The van der Waals surface area contributed by atoms with Crippen LogP contribution in [-0.4, -0.2) is 31.1 Å². The lowest BCUT2D eigenvalue weighted by molar-refractivity contribution is -0.114. The van der Waals surface area contributed by atoms with Gasteiger partial charge in [0.1, 0.15) is 5.82 Å². The Morgan fingerprint density at radius 3 is 2.56 bits per heavy atom. The van der Waals surface area contributed by atoms with Crippen LogP contribution in [-0.2, 0) is 16.1 Å². The van der Waals surface area contributed by atoms with Gasteiger partial charge in [0.25, 0.3) is 11.8 Å². The van der Waals surface area contributed by atoms with Crippen molar-refractivity contribution in [2.75, 3.05) is 18.1 Å². The summed E-state index contributed by atoms with van der Waals surface area (Å²) >= 11 is 1.39. The van der Waals surface area contributed by atoms with E-state index in [1.165, 1.54) is 23.9 Å². The molecule has 3 aromatic carbocycles. The minimum atomic E-state index is -0.331. The summed E-state index contributed by atoms with van der Waals surface area (Å²) in [6, 6.07) is 21.2. The van der Waals surface area contributed by atoms with Gasteiger partial charge < -0.3 is 15.0 Å². The van der Waals surface area contributed by atoms with E-state index in [1.54, 1.807) is 29.2 Å². The summed E-state index contributed by atoms with van der Waals surface area (Å²) in [6.45, 7) is 5.29. The minimum Gasteiger partial charge on any atom is -0.379 e. The number of hydrogen-bond acceptors (Lipinski definition) is 4. The Kier molecular flexibility index (Phi) is 8.57. The highest BCUT2D eigenvalue weighted by Gasteiger charge is 2.30. The van der Waals surface area contributed by atoms with Crippen molar-refractivity contribution in [2.45, 2.75) is 37.8 Å². The van der Waals surface area contributed by atoms with E-state index in [0.717, 1.165) is 16.0 Å². The van der Waals surface area contributed by atoms with Crippen molar-refractivity contribution < 1.29 is 18.7 Å². The molecule has 0 saturated carbocycles. The van der Waals surface area contributed by atoms with Crippen LogP contribution in [0.3, 0.4) is 0 Å². The zero-order valence-corrected chi connectivity index (χ0v) is 21.2. The Bertz CT molecular complexity index is 1240. The van der Waals surface area contributed by atoms with Gasteiger partial charge in [0, 0.05) is 23.6 Å². The van der Waals surface area contributed by atoms with Crippen LogP contribution < -0.4 is 10.2 Å². The molecule has 5 nitrogen and oxygen atoms in total. The lowest BCUT2D eigenvalue weighted by Crippen LogP contribution is -2.34. The number of rotatable bonds is 9. The van der Waals surface area contributed by atoms with Gasteiger partial charge in [-0.25, -0.2) is 4.39 Å². The number of hydrogen-bond donors (Lipinski definition) is 1. The Balaban J connectivity index is 1.59. The summed E-state index contributed by atoms with van der Waals surface area (Å²) in [7, 11) is 0. The molecule has 36 heavy (non-hydrogen) atoms. The van der Waals surface area contributed by atoms with Gasteiger partial charge in [0.2, 0.25) is 0 Å². The van der Waals surface area contributed by atoms with Gasteiger partial charge in [-0.2, -0.15) is 0 Å². The van der Waals surface area contributed by atoms with E-state index in [1.807, 2.05) is 56.3 Å². The highest BCUT2D eigenvalue weighted by molar-refractivity contribution is 8.04. The Hall–Kier alpha value is -3.42. The number of ether oxygens (including phenoxy) is 1. The molecule has 0 unspecified atom stereocenters. The van der Waals surface area contributed by atoms with E-state index in [-0.39, 0.29) is 30.3 Å². The Labute approximate surface area is 215 Å². The van der Waals surface area contributed by atoms with Crippen LogP contribution in [0.5, 0.6) is 0 Å². The van der Waals surface area contributed by atoms with Crippen LogP contribution in [0.4, 0.5) is 10.1 Å². The van der Waals surface area contributed by atoms with E-state index in [4.69, 9.17) is 4.74 Å². The molecule has 0 aromatic heterocycles. The SMILES string of the molecule is CC(C)OCCCNC(=O)c1ccc2c(c1)N(Cc1ccc(F)cc1)C(=O)/C(=C/c1ccccc1)S2. The maximum atomic E-state index is 13.6. The van der Waals surface area contributed by atoms with Gasteiger partial charge >= 0.3 is 0 Å². The predicted molar refractivity (Wildman–Crippen MR) is 142 cm³/mol. The molecule has 1 aliphatic heterocycles. The van der Waals surface area contributed by atoms with Crippen molar-refractivity contribution in [3.05, 3.63) is 100 Å². The van der Waals surface area contributed by atoms with Crippen molar-refractivity contribution in [1.29, 1.82) is 0 Å². The molecule has 0 fully saturated rings. The summed E-state index contributed by atoms with van der Waals surface area (Å²) < 4.78 is 19.0. The van der Waals surface area contributed by atoms with E-state index < -0.39 is 0 Å². The summed E-state index contributed by atoms with van der Waals surface area (Å²) in [4.78, 5) is 29.5. The molecule has 7 heteroatoms. The molecule has 0 aliphatic carbocycles. The fourth-order valence-electron chi connectivity index (χ4n) is 3.78. The topological polar surface area (TPSA) is 58.6 Å². The fraction of sp³-hybridized carbons (Fsp3) is 0.241. The summed E-state index contributed by atoms with van der Waals surface area (Å²) in [5, 5.41) is 2.92. The molecular formula is C29H29FN2O3S. The minimum absolute atomic E-state index is 0.157. The second kappa shape index (κ2) is 12.0. The van der Waals surface area contributed by atoms with Gasteiger partial charge in [0.15, 0.2) is 0 Å². The summed E-state index contributed by atoms with van der Waals surface area (Å²) in [5.74, 6) is -0.696. The lowest BCUT2D eigenvalue weighted by atomic mass is 10.1. The van der Waals surface area contributed by atoms with Crippen molar-refractivity contribution in [1.82, 2.24) is 5.32 Å². The van der Waals surface area contributed by atoms with E-state index in [2.05, 4.69) is 5.32 Å². The molecule has 1 heterocycles. The van der Waals surface area contributed by atoms with Crippen LogP contribution in [0.25, 0.3) is 6.08 Å². The van der Waals surface area contributed by atoms with E-state index >= 15 is 0 Å². The highest BCUT2D eigenvalue weighted by atomic mass is 32.2. The number of nitrogens with zero attached hydrogens (tertiary/aromatic N) is 1. The normalized spacial score (nSPS) is 14.3. The highest BCUT2D eigenvalue weighted by Crippen LogP contribution is 2.43. The quantitative estimate of drug-likeness (QED) is 0.285. The van der Waals surface area contributed by atoms with Crippen molar-refractivity contribution in [3.63, 3.8) is 0 Å². The molecule has 0 saturated heterocycles. The largest absolute Gasteiger partial charge is 0.379 e. The second-order valence-corrected chi connectivity index (χ2v) is 9.83. The molecule has 186 valence electrons. The Morgan fingerprint density at radius 1 is 1.08 bits per heavy atom. The van der Waals surface area contributed by atoms with Gasteiger partial charge in [-0.15, -0.1) is 0 Å². The first kappa shape index (κ1) is 25.7. The number of carbonyl (C=O) groups excluding carboxylic acids is 2.